The van der Waals surface area contributed by atoms with Crippen molar-refractivity contribution in [3.63, 3.8) is 0 Å². The Bertz CT molecular complexity index is 121. The lowest BCUT2D eigenvalue weighted by Gasteiger charge is -2.06. The number of allylic oxidation sites excluding steroid dienone is 2. The standard InChI is InChI=1S/C4H9NO2S/c1-3-4(2)5-8(6)7/h3,5H,1-2H3,(H,6,7)/p-1. The molecule has 3 nitrogen and oxygen atoms in total. The maximum atomic E-state index is 9.82. The highest BCUT2D eigenvalue weighted by Gasteiger charge is 1.79. The van der Waals surface area contributed by atoms with Crippen molar-refractivity contribution in [2.24, 2.45) is 0 Å². The van der Waals surface area contributed by atoms with E-state index in [1.54, 1.807) is 19.9 Å². The van der Waals surface area contributed by atoms with Gasteiger partial charge >= 0.3 is 0 Å². The van der Waals surface area contributed by atoms with Crippen molar-refractivity contribution in [1.29, 1.82) is 0 Å². The Morgan fingerprint density at radius 2 is 2.38 bits per heavy atom. The molecule has 0 aromatic heterocycles. The van der Waals surface area contributed by atoms with Crippen LogP contribution in [0.25, 0.3) is 0 Å². The third kappa shape index (κ3) is 3.83. The first kappa shape index (κ1) is 7.65. The third-order valence-electron chi connectivity index (χ3n) is 0.677. The summed E-state index contributed by atoms with van der Waals surface area (Å²) in [5.41, 5.74) is 0.637. The van der Waals surface area contributed by atoms with Gasteiger partial charge in [0.15, 0.2) is 0 Å². The summed E-state index contributed by atoms with van der Waals surface area (Å²) in [6.07, 6.45) is 1.68. The van der Waals surface area contributed by atoms with Gasteiger partial charge in [-0.05, 0) is 13.8 Å². The molecule has 0 aromatic carbocycles. The number of nitrogens with one attached hydrogen (secondary N) is 1. The highest BCUT2D eigenvalue weighted by Crippen LogP contribution is 1.83. The fraction of sp³-hybridized carbons (Fsp3) is 0.500. The molecule has 0 fully saturated rings. The molecule has 0 spiro atoms. The number of rotatable bonds is 2. The van der Waals surface area contributed by atoms with Crippen LogP contribution in [-0.4, -0.2) is 8.76 Å². The molecule has 48 valence electrons. The zero-order chi connectivity index (χ0) is 6.57. The van der Waals surface area contributed by atoms with Crippen molar-refractivity contribution in [3.05, 3.63) is 11.8 Å². The fourth-order valence-electron chi connectivity index (χ4n) is 0.190. The van der Waals surface area contributed by atoms with Crippen LogP contribution < -0.4 is 4.72 Å². The minimum absolute atomic E-state index is 0.637. The summed E-state index contributed by atoms with van der Waals surface area (Å²) in [5, 5.41) is 0. The molecule has 1 N–H and O–H groups in total. The molecule has 0 aliphatic heterocycles. The summed E-state index contributed by atoms with van der Waals surface area (Å²) in [6.45, 7) is 3.44. The lowest BCUT2D eigenvalue weighted by Crippen LogP contribution is -2.12. The Hall–Kier alpha value is -0.350. The average molecular weight is 134 g/mol. The van der Waals surface area contributed by atoms with E-state index >= 15 is 0 Å². The minimum atomic E-state index is -2.16. The van der Waals surface area contributed by atoms with E-state index in [2.05, 4.69) is 4.72 Å². The summed E-state index contributed by atoms with van der Waals surface area (Å²) in [7, 11) is 0. The Morgan fingerprint density at radius 1 is 1.88 bits per heavy atom. The lowest BCUT2D eigenvalue weighted by atomic mass is 10.5. The van der Waals surface area contributed by atoms with Crippen LogP contribution in [0.5, 0.6) is 0 Å². The average Bonchev–Trinajstić information content (AvgIpc) is 1.65. The van der Waals surface area contributed by atoms with Crippen LogP contribution in [0.2, 0.25) is 0 Å². The summed E-state index contributed by atoms with van der Waals surface area (Å²) in [6, 6.07) is 0. The van der Waals surface area contributed by atoms with Gasteiger partial charge in [-0.15, -0.1) is 0 Å². The monoisotopic (exact) mass is 134 g/mol. The van der Waals surface area contributed by atoms with Crippen LogP contribution in [0, 0.1) is 0 Å². The molecule has 0 aromatic rings. The quantitative estimate of drug-likeness (QED) is 0.552. The highest BCUT2D eigenvalue weighted by molar-refractivity contribution is 7.77. The van der Waals surface area contributed by atoms with E-state index in [9.17, 15) is 8.76 Å². The first-order chi connectivity index (χ1) is 3.66. The molecular weight excluding hydrogens is 126 g/mol. The zero-order valence-corrected chi connectivity index (χ0v) is 5.62. The third-order valence-corrected chi connectivity index (χ3v) is 1.17. The van der Waals surface area contributed by atoms with Gasteiger partial charge in [-0.2, -0.15) is 0 Å². The largest absolute Gasteiger partial charge is 0.755 e. The SMILES string of the molecule is CC=C(C)NS(=O)[O-]. The smallest absolute Gasteiger partial charge is 0.0444 e. The fourth-order valence-corrected chi connectivity index (χ4v) is 0.571. The molecule has 0 aliphatic carbocycles. The van der Waals surface area contributed by atoms with Gasteiger partial charge in [-0.1, -0.05) is 6.08 Å². The van der Waals surface area contributed by atoms with E-state index in [4.69, 9.17) is 0 Å². The van der Waals surface area contributed by atoms with Crippen molar-refractivity contribution in [2.45, 2.75) is 13.8 Å². The topological polar surface area (TPSA) is 52.2 Å². The molecule has 0 radical (unpaired) electrons. The maximum Gasteiger partial charge on any atom is 0.0444 e. The molecular formula is C4H8NO2S-. The van der Waals surface area contributed by atoms with Crippen LogP contribution in [0.3, 0.4) is 0 Å². The molecule has 8 heavy (non-hydrogen) atoms. The molecule has 0 bridgehead atoms. The summed E-state index contributed by atoms with van der Waals surface area (Å²) in [5.74, 6) is 0. The van der Waals surface area contributed by atoms with Gasteiger partial charge in [0, 0.05) is 17.0 Å². The van der Waals surface area contributed by atoms with Gasteiger partial charge in [0.25, 0.3) is 0 Å². The van der Waals surface area contributed by atoms with Gasteiger partial charge in [-0.3, -0.25) is 4.21 Å². The zero-order valence-electron chi connectivity index (χ0n) is 4.80. The molecule has 0 amide bonds. The molecule has 1 atom stereocenters. The van der Waals surface area contributed by atoms with Crippen molar-refractivity contribution >= 4 is 11.3 Å². The minimum Gasteiger partial charge on any atom is -0.755 e. The van der Waals surface area contributed by atoms with Gasteiger partial charge in [-0.25, -0.2) is 0 Å². The summed E-state index contributed by atoms with van der Waals surface area (Å²) < 4.78 is 21.8. The van der Waals surface area contributed by atoms with E-state index in [1.165, 1.54) is 0 Å². The molecule has 0 saturated carbocycles. The lowest BCUT2D eigenvalue weighted by molar-refractivity contribution is 0.529. The van der Waals surface area contributed by atoms with Crippen molar-refractivity contribution in [3.8, 4) is 0 Å². The molecule has 1 unspecified atom stereocenters. The van der Waals surface area contributed by atoms with Crippen LogP contribution in [-0.2, 0) is 11.3 Å². The molecule has 0 saturated heterocycles. The van der Waals surface area contributed by atoms with Gasteiger partial charge in [0.2, 0.25) is 0 Å². The Balaban J connectivity index is 3.56. The number of hydrogen-bond acceptors (Lipinski definition) is 2. The van der Waals surface area contributed by atoms with E-state index in [-0.39, 0.29) is 0 Å². The summed E-state index contributed by atoms with van der Waals surface area (Å²) >= 11 is -2.16. The van der Waals surface area contributed by atoms with Crippen LogP contribution in [0.15, 0.2) is 11.8 Å². The van der Waals surface area contributed by atoms with E-state index in [1.807, 2.05) is 0 Å². The Labute approximate surface area is 51.2 Å². The second-order valence-electron chi connectivity index (χ2n) is 1.31. The molecule has 4 heteroatoms. The summed E-state index contributed by atoms with van der Waals surface area (Å²) in [4.78, 5) is 0. The van der Waals surface area contributed by atoms with Crippen LogP contribution >= 0.6 is 0 Å². The molecule has 0 heterocycles. The highest BCUT2D eigenvalue weighted by atomic mass is 32.2. The number of hydrogen-bond donors (Lipinski definition) is 1. The van der Waals surface area contributed by atoms with Gasteiger partial charge < -0.3 is 9.27 Å². The van der Waals surface area contributed by atoms with Crippen molar-refractivity contribution in [2.75, 3.05) is 0 Å². The van der Waals surface area contributed by atoms with Gasteiger partial charge in [0.1, 0.15) is 0 Å². The van der Waals surface area contributed by atoms with E-state index in [0.29, 0.717) is 5.70 Å². The second-order valence-corrected chi connectivity index (χ2v) is 1.98. The van der Waals surface area contributed by atoms with Gasteiger partial charge in [0.05, 0.1) is 0 Å². The molecule has 0 aliphatic rings. The van der Waals surface area contributed by atoms with E-state index in [0.717, 1.165) is 0 Å². The Kier molecular flexibility index (Phi) is 3.47. The van der Waals surface area contributed by atoms with Crippen LogP contribution in [0.1, 0.15) is 13.8 Å². The predicted molar refractivity (Wildman–Crippen MR) is 31.5 cm³/mol. The molecule has 0 rings (SSSR count). The van der Waals surface area contributed by atoms with Crippen LogP contribution in [0.4, 0.5) is 0 Å². The normalized spacial score (nSPS) is 15.6. The second kappa shape index (κ2) is 3.63. The first-order valence-corrected chi connectivity index (χ1v) is 3.23. The van der Waals surface area contributed by atoms with E-state index < -0.39 is 11.3 Å². The van der Waals surface area contributed by atoms with Crippen molar-refractivity contribution in [1.82, 2.24) is 4.72 Å². The predicted octanol–water partition coefficient (Wildman–Crippen LogP) is 0.294. The Morgan fingerprint density at radius 3 is 2.50 bits per heavy atom. The maximum absolute atomic E-state index is 9.82. The van der Waals surface area contributed by atoms with Crippen molar-refractivity contribution < 1.29 is 8.76 Å². The first-order valence-electron chi connectivity index (χ1n) is 2.15.